The molecule has 0 radical (unpaired) electrons. The molecule has 0 spiro atoms. The van der Waals surface area contributed by atoms with Crippen molar-refractivity contribution >= 4 is 46.5 Å². The Morgan fingerprint density at radius 3 is 2.39 bits per heavy atom. The fraction of sp³-hybridized carbons (Fsp3) is 0.240. The summed E-state index contributed by atoms with van der Waals surface area (Å²) in [4.78, 5) is 11.8. The van der Waals surface area contributed by atoms with Crippen LogP contribution in [-0.2, 0) is 5.41 Å². The summed E-state index contributed by atoms with van der Waals surface area (Å²) < 4.78 is 0. The van der Waals surface area contributed by atoms with Gasteiger partial charge in [0, 0.05) is 16.6 Å². The van der Waals surface area contributed by atoms with Crippen molar-refractivity contribution in [3.63, 3.8) is 0 Å². The number of hydrazone groups is 1. The molecule has 3 aromatic rings. The van der Waals surface area contributed by atoms with Crippen LogP contribution in [0.4, 0.5) is 5.69 Å². The number of aromatic carboxylic acids is 1. The van der Waals surface area contributed by atoms with Gasteiger partial charge >= 0.3 is 5.97 Å². The van der Waals surface area contributed by atoms with Crippen LogP contribution < -0.4 is 10.7 Å². The highest BCUT2D eigenvalue weighted by molar-refractivity contribution is 7.80. The third kappa shape index (κ3) is 7.13. The summed E-state index contributed by atoms with van der Waals surface area (Å²) >= 11 is 6.61. The lowest BCUT2D eigenvalue weighted by Gasteiger charge is -2.19. The number of rotatable bonds is 5. The van der Waals surface area contributed by atoms with Crippen LogP contribution in [0, 0.1) is 0 Å². The third-order valence-electron chi connectivity index (χ3n) is 4.54. The predicted molar refractivity (Wildman–Crippen MR) is 142 cm³/mol. The Balaban J connectivity index is 0.00000187. The quantitative estimate of drug-likeness (QED) is 0.189. The summed E-state index contributed by atoms with van der Waals surface area (Å²) in [6, 6.07) is 14.5. The van der Waals surface area contributed by atoms with Crippen molar-refractivity contribution in [3.05, 3.63) is 70.6 Å². The van der Waals surface area contributed by atoms with Gasteiger partial charge in [-0.15, -0.1) is 11.3 Å². The van der Waals surface area contributed by atoms with Gasteiger partial charge in [0.1, 0.15) is 5.75 Å². The average molecular weight is 484 g/mol. The maximum absolute atomic E-state index is 11.0. The first-order valence-electron chi connectivity index (χ1n) is 10.5. The van der Waals surface area contributed by atoms with Crippen LogP contribution in [0.2, 0.25) is 0 Å². The molecule has 174 valence electrons. The smallest absolute Gasteiger partial charge is 0.335 e. The largest absolute Gasteiger partial charge is 0.506 e. The van der Waals surface area contributed by atoms with E-state index in [1.807, 2.05) is 31.4 Å². The van der Waals surface area contributed by atoms with E-state index in [9.17, 15) is 9.90 Å². The molecule has 1 heterocycles. The highest BCUT2D eigenvalue weighted by atomic mass is 32.1. The number of thiocarbonyl (C=S) groups is 1. The monoisotopic (exact) mass is 483 g/mol. The zero-order valence-corrected chi connectivity index (χ0v) is 21.0. The summed E-state index contributed by atoms with van der Waals surface area (Å²) in [5.41, 5.74) is 6.17. The molecular weight excluding hydrogens is 454 g/mol. The Hall–Kier alpha value is -3.23. The fourth-order valence-corrected chi connectivity index (χ4v) is 3.92. The summed E-state index contributed by atoms with van der Waals surface area (Å²) in [6.45, 7) is 10.5. The molecule has 0 aliphatic rings. The molecule has 33 heavy (non-hydrogen) atoms. The Kier molecular flexibility index (Phi) is 9.13. The summed E-state index contributed by atoms with van der Waals surface area (Å²) in [5.74, 6) is -0.857. The first kappa shape index (κ1) is 26.0. The standard InChI is InChI=1S/C23H23N3O3S2.C2H6/c1-23(2,3)17-9-7-14(8-10-17)20-19(27)16(13-31-20)12-24-26-22(30)25-18-6-4-5-15(11-18)21(28)29;1-2/h4-13,27H,1-3H3,(H,28,29)(H2,25,26,30);1-2H3/b24-12+;. The van der Waals surface area contributed by atoms with Gasteiger partial charge in [0.05, 0.1) is 16.7 Å². The van der Waals surface area contributed by atoms with Crippen molar-refractivity contribution in [1.82, 2.24) is 5.43 Å². The number of hydrogen-bond acceptors (Lipinski definition) is 5. The molecule has 0 fully saturated rings. The molecule has 4 N–H and O–H groups in total. The van der Waals surface area contributed by atoms with Crippen molar-refractivity contribution in [2.24, 2.45) is 5.10 Å². The number of aromatic hydroxyl groups is 1. The minimum Gasteiger partial charge on any atom is -0.506 e. The van der Waals surface area contributed by atoms with Gasteiger partial charge in [-0.25, -0.2) is 4.79 Å². The van der Waals surface area contributed by atoms with Crippen molar-refractivity contribution in [2.45, 2.75) is 40.0 Å². The lowest BCUT2D eigenvalue weighted by molar-refractivity contribution is 0.0697. The molecule has 0 aliphatic heterocycles. The van der Waals surface area contributed by atoms with E-state index in [1.54, 1.807) is 12.1 Å². The third-order valence-corrected chi connectivity index (χ3v) is 5.77. The lowest BCUT2D eigenvalue weighted by Crippen LogP contribution is -2.23. The van der Waals surface area contributed by atoms with E-state index in [-0.39, 0.29) is 21.8 Å². The first-order valence-corrected chi connectivity index (χ1v) is 11.8. The number of nitrogens with one attached hydrogen (secondary N) is 2. The number of anilines is 1. The van der Waals surface area contributed by atoms with Crippen LogP contribution in [0.15, 0.2) is 59.0 Å². The van der Waals surface area contributed by atoms with Crippen molar-refractivity contribution in [1.29, 1.82) is 0 Å². The number of carbonyl (C=O) groups is 1. The van der Waals surface area contributed by atoms with E-state index in [4.69, 9.17) is 17.3 Å². The molecule has 1 aromatic heterocycles. The van der Waals surface area contributed by atoms with Gasteiger partial charge in [0.2, 0.25) is 0 Å². The van der Waals surface area contributed by atoms with Crippen LogP contribution in [0.5, 0.6) is 5.75 Å². The van der Waals surface area contributed by atoms with Crippen LogP contribution in [-0.4, -0.2) is 27.5 Å². The number of benzene rings is 2. The Bertz CT molecular complexity index is 1130. The van der Waals surface area contributed by atoms with Gasteiger partial charge in [-0.3, -0.25) is 5.43 Å². The molecule has 8 heteroatoms. The molecule has 6 nitrogen and oxygen atoms in total. The molecule has 2 aromatic carbocycles. The van der Waals surface area contributed by atoms with Crippen LogP contribution in [0.25, 0.3) is 10.4 Å². The minimum atomic E-state index is -1.02. The van der Waals surface area contributed by atoms with Gasteiger partial charge in [0.15, 0.2) is 5.11 Å². The SMILES string of the molecule is CC.CC(C)(C)c1ccc(-c2scc(/C=N/NC(=S)Nc3cccc(C(=O)O)c3)c2O)cc1. The molecule has 0 saturated heterocycles. The minimum absolute atomic E-state index is 0.0703. The zero-order chi connectivity index (χ0) is 24.6. The topological polar surface area (TPSA) is 94.0 Å². The Morgan fingerprint density at radius 2 is 1.79 bits per heavy atom. The molecule has 0 unspecified atom stereocenters. The highest BCUT2D eigenvalue weighted by Crippen LogP contribution is 2.38. The summed E-state index contributed by atoms with van der Waals surface area (Å²) in [7, 11) is 0. The number of hydrogen-bond donors (Lipinski definition) is 4. The highest BCUT2D eigenvalue weighted by Gasteiger charge is 2.15. The van der Waals surface area contributed by atoms with Crippen LogP contribution >= 0.6 is 23.6 Å². The first-order chi connectivity index (χ1) is 15.6. The second-order valence-electron chi connectivity index (χ2n) is 7.91. The number of carboxylic acids is 1. The molecule has 0 amide bonds. The van der Waals surface area contributed by atoms with E-state index in [2.05, 4.69) is 48.7 Å². The fourth-order valence-electron chi connectivity index (χ4n) is 2.83. The van der Waals surface area contributed by atoms with E-state index in [0.717, 1.165) is 10.4 Å². The van der Waals surface area contributed by atoms with Gasteiger partial charge in [-0.05, 0) is 47.0 Å². The van der Waals surface area contributed by atoms with E-state index in [1.165, 1.54) is 35.2 Å². The average Bonchev–Trinajstić information content (AvgIpc) is 3.15. The van der Waals surface area contributed by atoms with Crippen molar-refractivity contribution < 1.29 is 15.0 Å². The molecule has 0 bridgehead atoms. The summed E-state index contributed by atoms with van der Waals surface area (Å²) in [5, 5.41) is 28.6. The van der Waals surface area contributed by atoms with E-state index >= 15 is 0 Å². The second kappa shape index (κ2) is 11.6. The zero-order valence-electron chi connectivity index (χ0n) is 19.3. The van der Waals surface area contributed by atoms with Crippen molar-refractivity contribution in [2.75, 3.05) is 5.32 Å². The lowest BCUT2D eigenvalue weighted by atomic mass is 9.86. The molecule has 0 atom stereocenters. The number of carboxylic acid groups (broad SMARTS) is 1. The molecule has 3 rings (SSSR count). The second-order valence-corrected chi connectivity index (χ2v) is 9.19. The van der Waals surface area contributed by atoms with Crippen LogP contribution in [0.1, 0.15) is 56.1 Å². The Morgan fingerprint density at radius 1 is 1.12 bits per heavy atom. The maximum Gasteiger partial charge on any atom is 0.335 e. The van der Waals surface area contributed by atoms with E-state index in [0.29, 0.717) is 11.3 Å². The number of nitrogens with zero attached hydrogens (tertiary/aromatic N) is 1. The normalized spacial score (nSPS) is 10.9. The van der Waals surface area contributed by atoms with Gasteiger partial charge in [0.25, 0.3) is 0 Å². The van der Waals surface area contributed by atoms with E-state index < -0.39 is 5.97 Å². The number of thiophene rings is 1. The van der Waals surface area contributed by atoms with Crippen molar-refractivity contribution in [3.8, 4) is 16.2 Å². The predicted octanol–water partition coefficient (Wildman–Crippen LogP) is 6.46. The Labute approximate surface area is 204 Å². The van der Waals surface area contributed by atoms with Gasteiger partial charge in [-0.2, -0.15) is 5.10 Å². The summed E-state index contributed by atoms with van der Waals surface area (Å²) in [6.07, 6.45) is 1.49. The molecular formula is C25H29N3O3S2. The molecule has 0 aliphatic carbocycles. The maximum atomic E-state index is 11.0. The molecule has 0 saturated carbocycles. The van der Waals surface area contributed by atoms with Crippen LogP contribution in [0.3, 0.4) is 0 Å². The van der Waals surface area contributed by atoms with Gasteiger partial charge in [-0.1, -0.05) is 65.0 Å². The van der Waals surface area contributed by atoms with Gasteiger partial charge < -0.3 is 15.5 Å².